The predicted octanol–water partition coefficient (Wildman–Crippen LogP) is 2.49. The first-order valence-electron chi connectivity index (χ1n) is 4.82. The van der Waals surface area contributed by atoms with Gasteiger partial charge in [0.1, 0.15) is 0 Å². The number of H-pyrrole nitrogens is 1. The Hall–Kier alpha value is -2.16. The van der Waals surface area contributed by atoms with Crippen molar-refractivity contribution in [3.63, 3.8) is 0 Å². The third kappa shape index (κ3) is 1.00. The van der Waals surface area contributed by atoms with Crippen molar-refractivity contribution in [1.29, 1.82) is 0 Å². The van der Waals surface area contributed by atoms with Gasteiger partial charge in [0.05, 0.1) is 0 Å². The van der Waals surface area contributed by atoms with Crippen LogP contribution in [-0.2, 0) is 0 Å². The highest BCUT2D eigenvalue weighted by Gasteiger charge is 2.08. The molecule has 3 heteroatoms. The standard InChI is InChI=1S/C12H11N3/c13-7-3-1-5-9-11(7)12-8(14)4-2-6-10(12)15-9/h1-6,15H,13-14H2. The molecule has 0 unspecified atom stereocenters. The number of hydrogen-bond acceptors (Lipinski definition) is 2. The van der Waals surface area contributed by atoms with Crippen molar-refractivity contribution in [2.45, 2.75) is 0 Å². The summed E-state index contributed by atoms with van der Waals surface area (Å²) in [4.78, 5) is 3.30. The lowest BCUT2D eigenvalue weighted by Gasteiger charge is -1.98. The van der Waals surface area contributed by atoms with E-state index in [4.69, 9.17) is 11.5 Å². The van der Waals surface area contributed by atoms with Gasteiger partial charge in [0.15, 0.2) is 0 Å². The number of anilines is 2. The maximum atomic E-state index is 5.96. The number of nitrogens with two attached hydrogens (primary N) is 2. The molecule has 3 nitrogen and oxygen atoms in total. The van der Waals surface area contributed by atoms with E-state index >= 15 is 0 Å². The van der Waals surface area contributed by atoms with Gasteiger partial charge in [0.2, 0.25) is 0 Å². The normalized spacial score (nSPS) is 11.2. The molecule has 3 aromatic rings. The minimum atomic E-state index is 0.761. The molecule has 0 fully saturated rings. The van der Waals surface area contributed by atoms with Crippen molar-refractivity contribution >= 4 is 33.2 Å². The smallest absolute Gasteiger partial charge is 0.0486 e. The van der Waals surface area contributed by atoms with Gasteiger partial charge in [-0.1, -0.05) is 12.1 Å². The Kier molecular flexibility index (Phi) is 1.45. The average Bonchev–Trinajstić information content (AvgIpc) is 2.58. The van der Waals surface area contributed by atoms with E-state index in [0.29, 0.717) is 0 Å². The number of rotatable bonds is 0. The van der Waals surface area contributed by atoms with Gasteiger partial charge in [-0.05, 0) is 24.3 Å². The van der Waals surface area contributed by atoms with Crippen molar-refractivity contribution < 1.29 is 0 Å². The van der Waals surface area contributed by atoms with Crippen LogP contribution in [0, 0.1) is 0 Å². The van der Waals surface area contributed by atoms with Crippen LogP contribution >= 0.6 is 0 Å². The largest absolute Gasteiger partial charge is 0.398 e. The summed E-state index contributed by atoms with van der Waals surface area (Å²) in [6, 6.07) is 11.7. The predicted molar refractivity (Wildman–Crippen MR) is 64.6 cm³/mol. The summed E-state index contributed by atoms with van der Waals surface area (Å²) in [7, 11) is 0. The van der Waals surface area contributed by atoms with Gasteiger partial charge in [0.25, 0.3) is 0 Å². The maximum Gasteiger partial charge on any atom is 0.0486 e. The molecule has 3 rings (SSSR count). The van der Waals surface area contributed by atoms with Crippen molar-refractivity contribution in [2.75, 3.05) is 11.5 Å². The average molecular weight is 197 g/mol. The zero-order chi connectivity index (χ0) is 10.4. The van der Waals surface area contributed by atoms with E-state index in [1.54, 1.807) is 0 Å². The van der Waals surface area contributed by atoms with E-state index in [1.807, 2.05) is 36.4 Å². The number of nitrogens with one attached hydrogen (secondary N) is 1. The molecule has 0 saturated heterocycles. The highest BCUT2D eigenvalue weighted by atomic mass is 14.7. The number of benzene rings is 2. The second-order valence-electron chi connectivity index (χ2n) is 3.66. The Morgan fingerprint density at radius 1 is 0.733 bits per heavy atom. The molecule has 0 aliphatic carbocycles. The lowest BCUT2D eigenvalue weighted by molar-refractivity contribution is 1.55. The molecule has 1 heterocycles. The Bertz CT molecular complexity index is 596. The van der Waals surface area contributed by atoms with Crippen LogP contribution in [0.1, 0.15) is 0 Å². The molecule has 1 aromatic heterocycles. The van der Waals surface area contributed by atoms with E-state index in [9.17, 15) is 0 Å². The van der Waals surface area contributed by atoms with Crippen molar-refractivity contribution in [2.24, 2.45) is 0 Å². The van der Waals surface area contributed by atoms with E-state index in [1.165, 1.54) is 0 Å². The van der Waals surface area contributed by atoms with Crippen molar-refractivity contribution in [3.8, 4) is 0 Å². The van der Waals surface area contributed by atoms with Crippen LogP contribution in [0.5, 0.6) is 0 Å². The van der Waals surface area contributed by atoms with Gasteiger partial charge in [-0.15, -0.1) is 0 Å². The lowest BCUT2D eigenvalue weighted by atomic mass is 10.1. The first-order valence-corrected chi connectivity index (χ1v) is 4.82. The fourth-order valence-electron chi connectivity index (χ4n) is 2.05. The number of aromatic amines is 1. The molecule has 0 saturated carbocycles. The van der Waals surface area contributed by atoms with E-state index in [0.717, 1.165) is 33.2 Å². The van der Waals surface area contributed by atoms with Gasteiger partial charge < -0.3 is 16.5 Å². The molecule has 0 amide bonds. The van der Waals surface area contributed by atoms with Gasteiger partial charge in [-0.25, -0.2) is 0 Å². The van der Waals surface area contributed by atoms with Crippen LogP contribution in [0.4, 0.5) is 11.4 Å². The highest BCUT2D eigenvalue weighted by Crippen LogP contribution is 2.33. The summed E-state index contributed by atoms with van der Waals surface area (Å²) in [5.41, 5.74) is 15.5. The Labute approximate surface area is 86.7 Å². The second-order valence-corrected chi connectivity index (χ2v) is 3.66. The Morgan fingerprint density at radius 2 is 1.20 bits per heavy atom. The lowest BCUT2D eigenvalue weighted by Crippen LogP contribution is -1.87. The Balaban J connectivity index is 2.67. The number of fused-ring (bicyclic) bond motifs is 3. The fraction of sp³-hybridized carbons (Fsp3) is 0. The van der Waals surface area contributed by atoms with Crippen LogP contribution in [0.25, 0.3) is 21.8 Å². The third-order valence-corrected chi connectivity index (χ3v) is 2.71. The minimum absolute atomic E-state index is 0.761. The number of hydrogen-bond donors (Lipinski definition) is 3. The molecule has 0 spiro atoms. The van der Waals surface area contributed by atoms with Gasteiger partial charge in [-0.2, -0.15) is 0 Å². The molecule has 0 bridgehead atoms. The Morgan fingerprint density at radius 3 is 1.67 bits per heavy atom. The summed E-state index contributed by atoms with van der Waals surface area (Å²) in [6.07, 6.45) is 0. The third-order valence-electron chi connectivity index (χ3n) is 2.71. The maximum absolute atomic E-state index is 5.96. The molecule has 15 heavy (non-hydrogen) atoms. The van der Waals surface area contributed by atoms with Crippen molar-refractivity contribution in [1.82, 2.24) is 4.98 Å². The molecule has 0 radical (unpaired) electrons. The molecular weight excluding hydrogens is 186 g/mol. The van der Waals surface area contributed by atoms with Crippen LogP contribution in [0.15, 0.2) is 36.4 Å². The summed E-state index contributed by atoms with van der Waals surface area (Å²) >= 11 is 0. The van der Waals surface area contributed by atoms with Gasteiger partial charge in [-0.3, -0.25) is 0 Å². The molecule has 2 aromatic carbocycles. The minimum Gasteiger partial charge on any atom is -0.398 e. The summed E-state index contributed by atoms with van der Waals surface area (Å²) in [5.74, 6) is 0. The fourth-order valence-corrected chi connectivity index (χ4v) is 2.05. The summed E-state index contributed by atoms with van der Waals surface area (Å²) in [5, 5.41) is 2.04. The van der Waals surface area contributed by atoms with Crippen molar-refractivity contribution in [3.05, 3.63) is 36.4 Å². The monoisotopic (exact) mass is 197 g/mol. The zero-order valence-electron chi connectivity index (χ0n) is 8.12. The molecule has 0 atom stereocenters. The first kappa shape index (κ1) is 8.17. The molecule has 0 aliphatic heterocycles. The molecule has 74 valence electrons. The molecule has 0 aliphatic rings. The van der Waals surface area contributed by atoms with E-state index in [2.05, 4.69) is 4.98 Å². The highest BCUT2D eigenvalue weighted by molar-refractivity contribution is 6.17. The number of nitrogen functional groups attached to an aromatic ring is 2. The quantitative estimate of drug-likeness (QED) is 0.484. The summed E-state index contributed by atoms with van der Waals surface area (Å²) < 4.78 is 0. The first-order chi connectivity index (χ1) is 7.27. The topological polar surface area (TPSA) is 67.8 Å². The van der Waals surface area contributed by atoms with Crippen LogP contribution in [0.2, 0.25) is 0 Å². The van der Waals surface area contributed by atoms with Crippen LogP contribution in [-0.4, -0.2) is 4.98 Å². The van der Waals surface area contributed by atoms with E-state index in [-0.39, 0.29) is 0 Å². The zero-order valence-corrected chi connectivity index (χ0v) is 8.12. The van der Waals surface area contributed by atoms with Gasteiger partial charge >= 0.3 is 0 Å². The second kappa shape index (κ2) is 2.67. The molecule has 5 N–H and O–H groups in total. The SMILES string of the molecule is Nc1cccc2[nH]c3cccc(N)c3c12. The number of aromatic nitrogens is 1. The van der Waals surface area contributed by atoms with Crippen LogP contribution in [0.3, 0.4) is 0 Å². The molecular formula is C12H11N3. The summed E-state index contributed by atoms with van der Waals surface area (Å²) in [6.45, 7) is 0. The van der Waals surface area contributed by atoms with Crippen LogP contribution < -0.4 is 11.5 Å². The van der Waals surface area contributed by atoms with E-state index < -0.39 is 0 Å². The van der Waals surface area contributed by atoms with Gasteiger partial charge in [0, 0.05) is 33.2 Å².